The Morgan fingerprint density at radius 2 is 1.55 bits per heavy atom. The fourth-order valence-corrected chi connectivity index (χ4v) is 7.69. The molecule has 0 saturated carbocycles. The molecule has 0 N–H and O–H groups in total. The van der Waals surface area contributed by atoms with Gasteiger partial charge in [0.15, 0.2) is 0 Å². The molecule has 3 aromatic heterocycles. The van der Waals surface area contributed by atoms with E-state index in [2.05, 4.69) is 73.4 Å². The molecule has 0 saturated heterocycles. The summed E-state index contributed by atoms with van der Waals surface area (Å²) in [5, 5.41) is 1.39. The molecule has 3 heterocycles. The maximum absolute atomic E-state index is 3.39. The summed E-state index contributed by atoms with van der Waals surface area (Å²) in [4.78, 5) is 1.16. The van der Waals surface area contributed by atoms with E-state index in [1.807, 2.05) is 34.0 Å². The van der Waals surface area contributed by atoms with Crippen molar-refractivity contribution in [2.24, 2.45) is 0 Å². The van der Waals surface area contributed by atoms with Crippen LogP contribution in [0.5, 0.6) is 0 Å². The van der Waals surface area contributed by atoms with E-state index in [9.17, 15) is 0 Å². The summed E-state index contributed by atoms with van der Waals surface area (Å²) in [7, 11) is 0. The van der Waals surface area contributed by atoms with E-state index < -0.39 is 0 Å². The van der Waals surface area contributed by atoms with Gasteiger partial charge in [0.05, 0.1) is 19.0 Å². The van der Waals surface area contributed by atoms with Crippen molar-refractivity contribution in [2.75, 3.05) is 0 Å². The second-order valence-electron chi connectivity index (χ2n) is 7.42. The molecule has 0 fully saturated rings. The highest BCUT2D eigenvalue weighted by Gasteiger charge is 2.13. The Balaban J connectivity index is 1.36. The predicted molar refractivity (Wildman–Crippen MR) is 133 cm³/mol. The van der Waals surface area contributed by atoms with Crippen LogP contribution in [0.1, 0.15) is 48.6 Å². The summed E-state index contributed by atoms with van der Waals surface area (Å²) in [5.41, 5.74) is 2.53. The molecule has 2 aromatic carbocycles. The highest BCUT2D eigenvalue weighted by molar-refractivity contribution is 7.41. The van der Waals surface area contributed by atoms with Gasteiger partial charge in [0.25, 0.3) is 0 Å². The van der Waals surface area contributed by atoms with Gasteiger partial charge < -0.3 is 0 Å². The average Bonchev–Trinajstić information content (AvgIpc) is 3.40. The first kappa shape index (κ1) is 18.9. The molecule has 0 spiro atoms. The molecule has 0 amide bonds. The van der Waals surface area contributed by atoms with E-state index >= 15 is 0 Å². The van der Waals surface area contributed by atoms with Crippen molar-refractivity contribution < 1.29 is 0 Å². The summed E-state index contributed by atoms with van der Waals surface area (Å²) >= 11 is 5.65. The topological polar surface area (TPSA) is 0 Å². The Morgan fingerprint density at radius 1 is 0.724 bits per heavy atom. The minimum absolute atomic E-state index is 1.10. The minimum atomic E-state index is 1.10. The first-order valence-electron chi connectivity index (χ1n) is 10.3. The molecule has 5 rings (SSSR count). The van der Waals surface area contributed by atoms with Gasteiger partial charge in [-0.25, -0.2) is 0 Å². The van der Waals surface area contributed by atoms with Gasteiger partial charge in [-0.05, 0) is 42.7 Å². The van der Waals surface area contributed by atoms with E-state index in [0.717, 1.165) is 10.4 Å². The van der Waals surface area contributed by atoms with Crippen molar-refractivity contribution in [3.63, 3.8) is 0 Å². The Bertz CT molecular complexity index is 1330. The summed E-state index contributed by atoms with van der Waals surface area (Å²) in [5.74, 6) is 6.75. The van der Waals surface area contributed by atoms with Crippen LogP contribution >= 0.6 is 34.0 Å². The van der Waals surface area contributed by atoms with Gasteiger partial charge in [0, 0.05) is 20.3 Å². The summed E-state index contributed by atoms with van der Waals surface area (Å²) in [6.07, 6.45) is 6.44. The van der Waals surface area contributed by atoms with Crippen molar-refractivity contribution >= 4 is 62.9 Å². The normalized spacial score (nSPS) is 11.3. The van der Waals surface area contributed by atoms with Gasteiger partial charge in [0.2, 0.25) is 0 Å². The van der Waals surface area contributed by atoms with Crippen molar-refractivity contribution in [3.05, 3.63) is 70.6 Å². The Hall–Kier alpha value is -2.12. The molecule has 0 aliphatic heterocycles. The van der Waals surface area contributed by atoms with Crippen LogP contribution < -0.4 is 0 Å². The predicted octanol–water partition coefficient (Wildman–Crippen LogP) is 8.85. The number of thiophene rings is 3. The van der Waals surface area contributed by atoms with Crippen LogP contribution in [-0.2, 0) is 6.42 Å². The van der Waals surface area contributed by atoms with E-state index in [-0.39, 0.29) is 0 Å². The van der Waals surface area contributed by atoms with Crippen molar-refractivity contribution in [1.82, 2.24) is 0 Å². The molecule has 0 aliphatic carbocycles. The van der Waals surface area contributed by atoms with Gasteiger partial charge in [-0.2, -0.15) is 0 Å². The lowest BCUT2D eigenvalue weighted by atomic mass is 10.0. The van der Waals surface area contributed by atoms with E-state index in [1.54, 1.807) is 0 Å². The second kappa shape index (κ2) is 8.32. The van der Waals surface area contributed by atoms with Crippen LogP contribution in [-0.4, -0.2) is 0 Å². The standard InChI is InChI=1S/C26H22S3/c1-2-3-4-5-8-18-11-13-19(14-12-18)15-16-20-17-23-25(27-20)26-24(29-23)21-9-6-7-10-22(21)28-26/h6-7,9-14,17H,2-5,8H2,1H3. The molecule has 29 heavy (non-hydrogen) atoms. The van der Waals surface area contributed by atoms with Crippen molar-refractivity contribution in [2.45, 2.75) is 39.0 Å². The molecule has 5 aromatic rings. The molecular formula is C26H22S3. The molecule has 0 radical (unpaired) electrons. The van der Waals surface area contributed by atoms with Crippen LogP contribution in [0.3, 0.4) is 0 Å². The molecule has 0 atom stereocenters. The second-order valence-corrected chi connectivity index (χ2v) is 10.6. The highest BCUT2D eigenvalue weighted by atomic mass is 32.1. The largest absolute Gasteiger partial charge is 0.133 e. The van der Waals surface area contributed by atoms with Crippen LogP contribution in [0.15, 0.2) is 54.6 Å². The zero-order valence-corrected chi connectivity index (χ0v) is 18.9. The first-order chi connectivity index (χ1) is 14.3. The number of unbranched alkanes of at least 4 members (excludes halogenated alkanes) is 3. The summed E-state index contributed by atoms with van der Waals surface area (Å²) < 4.78 is 7.01. The van der Waals surface area contributed by atoms with Gasteiger partial charge in [-0.3, -0.25) is 0 Å². The van der Waals surface area contributed by atoms with Gasteiger partial charge >= 0.3 is 0 Å². The van der Waals surface area contributed by atoms with Crippen LogP contribution in [0.4, 0.5) is 0 Å². The van der Waals surface area contributed by atoms with Gasteiger partial charge in [-0.15, -0.1) is 34.0 Å². The fraction of sp³-hybridized carbons (Fsp3) is 0.231. The highest BCUT2D eigenvalue weighted by Crippen LogP contribution is 2.46. The average molecular weight is 431 g/mol. The van der Waals surface area contributed by atoms with Crippen molar-refractivity contribution in [3.8, 4) is 11.8 Å². The molecule has 3 heteroatoms. The zero-order chi connectivity index (χ0) is 19.6. The molecular weight excluding hydrogens is 408 g/mol. The first-order valence-corrected chi connectivity index (χ1v) is 12.7. The number of aryl methyl sites for hydroxylation is 1. The number of rotatable bonds is 5. The monoisotopic (exact) mass is 430 g/mol. The maximum atomic E-state index is 3.39. The van der Waals surface area contributed by atoms with Crippen molar-refractivity contribution in [1.29, 1.82) is 0 Å². The Kier molecular flexibility index (Phi) is 5.42. The van der Waals surface area contributed by atoms with Crippen LogP contribution in [0.2, 0.25) is 0 Å². The number of hydrogen-bond acceptors (Lipinski definition) is 3. The third kappa shape index (κ3) is 3.85. The third-order valence-corrected chi connectivity index (χ3v) is 9.08. The SMILES string of the molecule is CCCCCCc1ccc(C#Cc2cc3sc4c5ccccc5sc4c3s2)cc1. The summed E-state index contributed by atoms with van der Waals surface area (Å²) in [6.45, 7) is 2.26. The molecule has 0 aliphatic rings. The lowest BCUT2D eigenvalue weighted by Gasteiger charge is -2.01. The van der Waals surface area contributed by atoms with Gasteiger partial charge in [-0.1, -0.05) is 68.4 Å². The lowest BCUT2D eigenvalue weighted by molar-refractivity contribution is 0.667. The smallest absolute Gasteiger partial charge is 0.0793 e. The Morgan fingerprint density at radius 3 is 2.41 bits per heavy atom. The van der Waals surface area contributed by atoms with E-state index in [4.69, 9.17) is 0 Å². The molecule has 0 unspecified atom stereocenters. The van der Waals surface area contributed by atoms with Crippen LogP contribution in [0.25, 0.3) is 28.9 Å². The van der Waals surface area contributed by atoms with E-state index in [1.165, 1.54) is 66.6 Å². The third-order valence-electron chi connectivity index (χ3n) is 5.27. The molecule has 144 valence electrons. The quantitative estimate of drug-likeness (QED) is 0.193. The lowest BCUT2D eigenvalue weighted by Crippen LogP contribution is -1.86. The van der Waals surface area contributed by atoms with Crippen LogP contribution in [0, 0.1) is 11.8 Å². The zero-order valence-electron chi connectivity index (χ0n) is 16.5. The minimum Gasteiger partial charge on any atom is -0.133 e. The number of hydrogen-bond donors (Lipinski definition) is 0. The van der Waals surface area contributed by atoms with E-state index in [0.29, 0.717) is 0 Å². The Labute approximate surface area is 183 Å². The number of benzene rings is 2. The fourth-order valence-electron chi connectivity index (χ4n) is 3.70. The summed E-state index contributed by atoms with van der Waals surface area (Å²) in [6, 6.07) is 19.8. The number of fused-ring (bicyclic) bond motifs is 5. The molecule has 0 bridgehead atoms. The molecule has 0 nitrogen and oxygen atoms in total. The van der Waals surface area contributed by atoms with Gasteiger partial charge in [0.1, 0.15) is 0 Å². The maximum Gasteiger partial charge on any atom is 0.0793 e.